The van der Waals surface area contributed by atoms with E-state index < -0.39 is 16.9 Å². The maximum absolute atomic E-state index is 12.5. The van der Waals surface area contributed by atoms with Crippen LogP contribution in [-0.4, -0.2) is 44.8 Å². The fourth-order valence-corrected chi connectivity index (χ4v) is 2.81. The first-order valence-corrected chi connectivity index (χ1v) is 7.73. The van der Waals surface area contributed by atoms with Crippen LogP contribution in [0.4, 0.5) is 11.6 Å². The van der Waals surface area contributed by atoms with Gasteiger partial charge in [-0.3, -0.25) is 10.1 Å². The van der Waals surface area contributed by atoms with Crippen LogP contribution in [0.3, 0.4) is 0 Å². The minimum absolute atomic E-state index is 0.114. The number of rotatable bonds is 5. The first-order chi connectivity index (χ1) is 12.5. The SMILES string of the molecule is CCOC(=O)C1=C(C)Nc2nnnn2[C@H]1c1ccc(OC)c([N+](=O)[O-])c1. The highest BCUT2D eigenvalue weighted by molar-refractivity contribution is 5.92. The lowest BCUT2D eigenvalue weighted by atomic mass is 9.95. The van der Waals surface area contributed by atoms with Gasteiger partial charge in [0, 0.05) is 11.8 Å². The second-order valence-electron chi connectivity index (χ2n) is 5.42. The zero-order valence-corrected chi connectivity index (χ0v) is 14.3. The van der Waals surface area contributed by atoms with Crippen LogP contribution in [0.2, 0.25) is 0 Å². The van der Waals surface area contributed by atoms with Gasteiger partial charge in [0.2, 0.25) is 5.95 Å². The molecular weight excluding hydrogens is 344 g/mol. The summed E-state index contributed by atoms with van der Waals surface area (Å²) in [6.45, 7) is 3.57. The maximum atomic E-state index is 12.5. The molecular formula is C15H16N6O5. The average molecular weight is 360 g/mol. The highest BCUT2D eigenvalue weighted by Crippen LogP contribution is 2.38. The fraction of sp³-hybridized carbons (Fsp3) is 0.333. The van der Waals surface area contributed by atoms with Crippen molar-refractivity contribution in [3.63, 3.8) is 0 Å². The van der Waals surface area contributed by atoms with E-state index in [4.69, 9.17) is 9.47 Å². The smallest absolute Gasteiger partial charge is 0.338 e. The van der Waals surface area contributed by atoms with Crippen LogP contribution in [0.15, 0.2) is 29.5 Å². The van der Waals surface area contributed by atoms with Crippen molar-refractivity contribution in [1.82, 2.24) is 20.2 Å². The number of benzene rings is 1. The van der Waals surface area contributed by atoms with Crippen LogP contribution in [-0.2, 0) is 9.53 Å². The summed E-state index contributed by atoms with van der Waals surface area (Å²) in [6.07, 6.45) is 0. The Morgan fingerprint density at radius 3 is 2.88 bits per heavy atom. The summed E-state index contributed by atoms with van der Waals surface area (Å²) < 4.78 is 11.6. The fourth-order valence-electron chi connectivity index (χ4n) is 2.81. The Kier molecular flexibility index (Phi) is 4.52. The van der Waals surface area contributed by atoms with Gasteiger partial charge in [0.1, 0.15) is 6.04 Å². The number of hydrogen-bond acceptors (Lipinski definition) is 9. The molecule has 11 heteroatoms. The first-order valence-electron chi connectivity index (χ1n) is 7.73. The number of methoxy groups -OCH3 is 1. The molecule has 0 bridgehead atoms. The third-order valence-electron chi connectivity index (χ3n) is 3.92. The predicted molar refractivity (Wildman–Crippen MR) is 88.6 cm³/mol. The highest BCUT2D eigenvalue weighted by Gasteiger charge is 2.36. The van der Waals surface area contributed by atoms with Gasteiger partial charge in [-0.15, -0.1) is 0 Å². The Hall–Kier alpha value is -3.50. The van der Waals surface area contributed by atoms with E-state index in [-0.39, 0.29) is 23.6 Å². The van der Waals surface area contributed by atoms with E-state index in [2.05, 4.69) is 20.8 Å². The molecule has 1 aliphatic heterocycles. The van der Waals surface area contributed by atoms with E-state index in [0.29, 0.717) is 17.2 Å². The molecule has 1 atom stereocenters. The number of nitro groups is 1. The lowest BCUT2D eigenvalue weighted by Crippen LogP contribution is -2.29. The molecule has 0 saturated carbocycles. The van der Waals surface area contributed by atoms with E-state index in [9.17, 15) is 14.9 Å². The summed E-state index contributed by atoms with van der Waals surface area (Å²) in [7, 11) is 1.35. The number of nitrogens with one attached hydrogen (secondary N) is 1. The van der Waals surface area contributed by atoms with Crippen LogP contribution >= 0.6 is 0 Å². The molecule has 2 aromatic rings. The number of esters is 1. The number of hydrogen-bond donors (Lipinski definition) is 1. The molecule has 3 rings (SSSR count). The van der Waals surface area contributed by atoms with Crippen molar-refractivity contribution < 1.29 is 19.2 Å². The Bertz CT molecular complexity index is 906. The molecule has 0 spiro atoms. The standard InChI is InChI=1S/C15H16N6O5/c1-4-26-14(22)12-8(2)16-15-17-18-19-20(15)13(12)9-5-6-11(25-3)10(7-9)21(23)24/h5-7,13H,4H2,1-3H3,(H,16,17,19)/t13-/m0/s1. The minimum atomic E-state index is -0.773. The number of nitro benzene ring substituents is 1. The van der Waals surface area contributed by atoms with Gasteiger partial charge in [-0.1, -0.05) is 11.2 Å². The second kappa shape index (κ2) is 6.78. The van der Waals surface area contributed by atoms with Gasteiger partial charge in [-0.2, -0.15) is 4.68 Å². The number of ether oxygens (including phenoxy) is 2. The Morgan fingerprint density at radius 1 is 1.46 bits per heavy atom. The minimum Gasteiger partial charge on any atom is -0.490 e. The monoisotopic (exact) mass is 360 g/mol. The summed E-state index contributed by atoms with van der Waals surface area (Å²) in [5.74, 6) is -0.121. The number of aromatic nitrogens is 4. The lowest BCUT2D eigenvalue weighted by molar-refractivity contribution is -0.385. The maximum Gasteiger partial charge on any atom is 0.338 e. The summed E-state index contributed by atoms with van der Waals surface area (Å²) in [6, 6.07) is 3.66. The second-order valence-corrected chi connectivity index (χ2v) is 5.42. The number of tetrazole rings is 1. The van der Waals surface area contributed by atoms with Crippen molar-refractivity contribution in [1.29, 1.82) is 0 Å². The van der Waals surface area contributed by atoms with Crippen molar-refractivity contribution in [2.75, 3.05) is 19.0 Å². The lowest BCUT2D eigenvalue weighted by Gasteiger charge is -2.27. The number of carbonyl (C=O) groups excluding carboxylic acids is 1. The summed E-state index contributed by atoms with van der Waals surface area (Å²) in [5, 5.41) is 25.7. The third-order valence-corrected chi connectivity index (χ3v) is 3.92. The zero-order valence-electron chi connectivity index (χ0n) is 14.3. The van der Waals surface area contributed by atoms with Crippen molar-refractivity contribution in [2.45, 2.75) is 19.9 Å². The molecule has 1 aliphatic rings. The molecule has 0 radical (unpaired) electrons. The summed E-state index contributed by atoms with van der Waals surface area (Å²) in [5.41, 5.74) is 1.01. The molecule has 0 aliphatic carbocycles. The molecule has 1 aromatic carbocycles. The molecule has 0 fully saturated rings. The molecule has 0 amide bonds. The third kappa shape index (κ3) is 2.83. The molecule has 11 nitrogen and oxygen atoms in total. The quantitative estimate of drug-likeness (QED) is 0.477. The van der Waals surface area contributed by atoms with Gasteiger partial charge >= 0.3 is 11.7 Å². The molecule has 1 N–H and O–H groups in total. The van der Waals surface area contributed by atoms with Crippen molar-refractivity contribution >= 4 is 17.6 Å². The van der Waals surface area contributed by atoms with Crippen LogP contribution < -0.4 is 10.1 Å². The number of fused-ring (bicyclic) bond motifs is 1. The van der Waals surface area contributed by atoms with E-state index in [0.717, 1.165) is 0 Å². The Balaban J connectivity index is 2.18. The van der Waals surface area contributed by atoms with Crippen LogP contribution in [0.1, 0.15) is 25.5 Å². The molecule has 26 heavy (non-hydrogen) atoms. The van der Waals surface area contributed by atoms with Crippen LogP contribution in [0, 0.1) is 10.1 Å². The number of carbonyl (C=O) groups is 1. The average Bonchev–Trinajstić information content (AvgIpc) is 3.07. The van der Waals surface area contributed by atoms with Gasteiger partial charge < -0.3 is 14.8 Å². The largest absolute Gasteiger partial charge is 0.490 e. The van der Waals surface area contributed by atoms with Crippen molar-refractivity contribution in [3.8, 4) is 5.75 Å². The van der Waals surface area contributed by atoms with E-state index in [1.807, 2.05) is 0 Å². The Labute approximate surface area is 147 Å². The number of allylic oxidation sites excluding steroid dienone is 1. The highest BCUT2D eigenvalue weighted by atomic mass is 16.6. The van der Waals surface area contributed by atoms with E-state index >= 15 is 0 Å². The Morgan fingerprint density at radius 2 is 2.23 bits per heavy atom. The van der Waals surface area contributed by atoms with Crippen LogP contribution in [0.5, 0.6) is 5.75 Å². The topological polar surface area (TPSA) is 134 Å². The summed E-state index contributed by atoms with van der Waals surface area (Å²) >= 11 is 0. The first kappa shape index (κ1) is 17.3. The molecule has 1 aromatic heterocycles. The van der Waals surface area contributed by atoms with Gasteiger partial charge in [0.05, 0.1) is 24.2 Å². The molecule has 2 heterocycles. The number of anilines is 1. The zero-order chi connectivity index (χ0) is 18.8. The van der Waals surface area contributed by atoms with Crippen molar-refractivity contribution in [3.05, 3.63) is 45.1 Å². The van der Waals surface area contributed by atoms with Crippen LogP contribution in [0.25, 0.3) is 0 Å². The number of nitrogens with zero attached hydrogens (tertiary/aromatic N) is 5. The van der Waals surface area contributed by atoms with Gasteiger partial charge in [-0.05, 0) is 35.9 Å². The van der Waals surface area contributed by atoms with Gasteiger partial charge in [0.25, 0.3) is 0 Å². The van der Waals surface area contributed by atoms with E-state index in [1.54, 1.807) is 19.9 Å². The normalized spacial score (nSPS) is 15.9. The molecule has 0 saturated heterocycles. The molecule has 0 unspecified atom stereocenters. The van der Waals surface area contributed by atoms with Gasteiger partial charge in [-0.25, -0.2) is 4.79 Å². The molecule has 136 valence electrons. The summed E-state index contributed by atoms with van der Waals surface area (Å²) in [4.78, 5) is 23.3. The van der Waals surface area contributed by atoms with E-state index in [1.165, 1.54) is 23.9 Å². The predicted octanol–water partition coefficient (Wildman–Crippen LogP) is 1.44. The van der Waals surface area contributed by atoms with Gasteiger partial charge in [0.15, 0.2) is 5.75 Å². The van der Waals surface area contributed by atoms with Crippen molar-refractivity contribution in [2.24, 2.45) is 0 Å².